The van der Waals surface area contributed by atoms with Crippen LogP contribution < -0.4 is 19.1 Å². The van der Waals surface area contributed by atoms with Crippen LogP contribution in [0.4, 0.5) is 5.69 Å². The molecule has 0 aliphatic carbocycles. The number of hydrogen-bond donors (Lipinski definition) is 2. The molecule has 8 heteroatoms. The predicted molar refractivity (Wildman–Crippen MR) is 127 cm³/mol. The maximum Gasteiger partial charge on any atom is 0.274 e. The Bertz CT molecular complexity index is 1430. The summed E-state index contributed by atoms with van der Waals surface area (Å²) < 4.78 is 16.9. The molecule has 0 spiro atoms. The summed E-state index contributed by atoms with van der Waals surface area (Å²) in [6.45, 7) is 1.38. The minimum absolute atomic E-state index is 0.0744. The number of nitrogens with one attached hydrogen (secondary N) is 1. The fourth-order valence-corrected chi connectivity index (χ4v) is 5.13. The van der Waals surface area contributed by atoms with Gasteiger partial charge in [-0.3, -0.25) is 4.79 Å². The highest BCUT2D eigenvalue weighted by atomic mass is 35.5. The Balaban J connectivity index is 1.47. The summed E-state index contributed by atoms with van der Waals surface area (Å²) in [5.41, 5.74) is 2.82. The molecule has 1 atom stereocenters. The number of aromatic hydroxyl groups is 1. The zero-order chi connectivity index (χ0) is 22.7. The summed E-state index contributed by atoms with van der Waals surface area (Å²) in [7, 11) is 1.60. The van der Waals surface area contributed by atoms with E-state index in [1.54, 1.807) is 30.2 Å². The van der Waals surface area contributed by atoms with Crippen LogP contribution in [-0.2, 0) is 0 Å². The smallest absolute Gasteiger partial charge is 0.274 e. The van der Waals surface area contributed by atoms with Gasteiger partial charge in [0.2, 0.25) is 0 Å². The third kappa shape index (κ3) is 2.99. The third-order valence-corrected chi connectivity index (χ3v) is 6.78. The Morgan fingerprint density at radius 3 is 2.82 bits per heavy atom. The fraction of sp³-hybridized carbons (Fsp3) is 0.240. The molecule has 1 aromatic heterocycles. The first-order valence-electron chi connectivity index (χ1n) is 10.7. The zero-order valence-electron chi connectivity index (χ0n) is 17.9. The summed E-state index contributed by atoms with van der Waals surface area (Å²) in [4.78, 5) is 18.5. The van der Waals surface area contributed by atoms with E-state index in [4.69, 9.17) is 25.8 Å². The van der Waals surface area contributed by atoms with Crippen LogP contribution in [0.5, 0.6) is 23.0 Å². The van der Waals surface area contributed by atoms with Gasteiger partial charge in [-0.15, -0.1) is 11.6 Å². The largest absolute Gasteiger partial charge is 0.507 e. The van der Waals surface area contributed by atoms with Gasteiger partial charge < -0.3 is 29.2 Å². The number of carbonyl (C=O) groups excluding carboxylic acids is 1. The van der Waals surface area contributed by atoms with Crippen molar-refractivity contribution in [2.45, 2.75) is 5.92 Å². The van der Waals surface area contributed by atoms with Gasteiger partial charge in [-0.2, -0.15) is 0 Å². The van der Waals surface area contributed by atoms with Crippen molar-refractivity contribution in [3.05, 3.63) is 53.7 Å². The lowest BCUT2D eigenvalue weighted by Gasteiger charge is -2.18. The first kappa shape index (κ1) is 20.1. The molecular formula is C25H21ClN2O5. The molecular weight excluding hydrogens is 444 g/mol. The molecule has 33 heavy (non-hydrogen) atoms. The van der Waals surface area contributed by atoms with Crippen LogP contribution >= 0.6 is 11.6 Å². The number of anilines is 1. The van der Waals surface area contributed by atoms with E-state index < -0.39 is 0 Å². The minimum Gasteiger partial charge on any atom is -0.507 e. The summed E-state index contributed by atoms with van der Waals surface area (Å²) >= 11 is 6.34. The average molecular weight is 465 g/mol. The minimum atomic E-state index is -0.202. The van der Waals surface area contributed by atoms with Gasteiger partial charge >= 0.3 is 0 Å². The molecule has 168 valence electrons. The number of aromatic amines is 1. The predicted octanol–water partition coefficient (Wildman–Crippen LogP) is 4.79. The number of benzene rings is 3. The van der Waals surface area contributed by atoms with Crippen molar-refractivity contribution in [1.82, 2.24) is 4.98 Å². The van der Waals surface area contributed by atoms with Crippen LogP contribution in [0, 0.1) is 0 Å². The number of amides is 1. The van der Waals surface area contributed by atoms with Crippen molar-refractivity contribution in [2.24, 2.45) is 0 Å². The molecule has 3 aromatic carbocycles. The summed E-state index contributed by atoms with van der Waals surface area (Å²) in [5, 5.41) is 13.1. The molecule has 3 heterocycles. The molecule has 0 radical (unpaired) electrons. The van der Waals surface area contributed by atoms with E-state index in [9.17, 15) is 9.90 Å². The van der Waals surface area contributed by atoms with Crippen LogP contribution in [0.2, 0.25) is 0 Å². The molecule has 0 fully saturated rings. The summed E-state index contributed by atoms with van der Waals surface area (Å²) in [5.74, 6) is 2.17. The number of carbonyl (C=O) groups is 1. The maximum atomic E-state index is 13.7. The number of H-pyrrole nitrogens is 1. The van der Waals surface area contributed by atoms with Crippen LogP contribution in [0.25, 0.3) is 21.7 Å². The number of ether oxygens (including phenoxy) is 3. The Morgan fingerprint density at radius 2 is 2.00 bits per heavy atom. The van der Waals surface area contributed by atoms with Crippen LogP contribution in [-0.4, -0.2) is 48.7 Å². The topological polar surface area (TPSA) is 84.0 Å². The lowest BCUT2D eigenvalue weighted by molar-refractivity contribution is 0.0984. The maximum absolute atomic E-state index is 13.7. The second-order valence-corrected chi connectivity index (χ2v) is 8.55. The van der Waals surface area contributed by atoms with Gasteiger partial charge in [0.1, 0.15) is 30.4 Å². The van der Waals surface area contributed by atoms with Crippen molar-refractivity contribution in [3.63, 3.8) is 0 Å². The van der Waals surface area contributed by atoms with Crippen LogP contribution in [0.15, 0.2) is 42.5 Å². The average Bonchev–Trinajstić information content (AvgIpc) is 3.45. The van der Waals surface area contributed by atoms with Crippen molar-refractivity contribution in [3.8, 4) is 23.0 Å². The Kier molecular flexibility index (Phi) is 4.55. The van der Waals surface area contributed by atoms with E-state index in [2.05, 4.69) is 4.98 Å². The Labute approximate surface area is 194 Å². The number of alkyl halides is 1. The normalized spacial score (nSPS) is 16.9. The highest BCUT2D eigenvalue weighted by Crippen LogP contribution is 2.47. The summed E-state index contributed by atoms with van der Waals surface area (Å²) in [6, 6.07) is 12.7. The first-order chi connectivity index (χ1) is 16.1. The molecule has 7 nitrogen and oxygen atoms in total. The van der Waals surface area contributed by atoms with Gasteiger partial charge in [0.25, 0.3) is 5.91 Å². The molecule has 1 amide bonds. The Hall–Kier alpha value is -3.58. The molecule has 4 aromatic rings. The summed E-state index contributed by atoms with van der Waals surface area (Å²) in [6.07, 6.45) is 0. The standard InChI is InChI=1S/C25H21ClN2O5/c1-31-14-2-3-15-16(8-14)23-13(11-26)12-28(20(23)10-21(15)29)25(30)19-9-17-18(27-19)4-5-22-24(17)33-7-6-32-22/h2-5,8-10,13,27,29H,6-7,11-12H2,1H3. The molecule has 1 unspecified atom stereocenters. The van der Waals surface area contributed by atoms with E-state index in [1.807, 2.05) is 24.3 Å². The van der Waals surface area contributed by atoms with Gasteiger partial charge in [0.05, 0.1) is 18.3 Å². The second kappa shape index (κ2) is 7.49. The number of rotatable bonds is 3. The monoisotopic (exact) mass is 464 g/mol. The lowest BCUT2D eigenvalue weighted by atomic mass is 9.95. The number of fused-ring (bicyclic) bond motifs is 6. The molecule has 0 saturated heterocycles. The number of phenols is 1. The van der Waals surface area contributed by atoms with Gasteiger partial charge in [0.15, 0.2) is 11.5 Å². The van der Waals surface area contributed by atoms with Crippen molar-refractivity contribution in [1.29, 1.82) is 0 Å². The number of hydrogen-bond acceptors (Lipinski definition) is 5. The van der Waals surface area contributed by atoms with Crippen molar-refractivity contribution < 1.29 is 24.1 Å². The lowest BCUT2D eigenvalue weighted by Crippen LogP contribution is -2.30. The van der Waals surface area contributed by atoms with Crippen LogP contribution in [0.1, 0.15) is 22.0 Å². The van der Waals surface area contributed by atoms with Gasteiger partial charge in [-0.05, 0) is 47.3 Å². The van der Waals surface area contributed by atoms with Crippen molar-refractivity contribution >= 4 is 44.9 Å². The van der Waals surface area contributed by atoms with E-state index >= 15 is 0 Å². The highest BCUT2D eigenvalue weighted by molar-refractivity contribution is 6.19. The van der Waals surface area contributed by atoms with Gasteiger partial charge in [0, 0.05) is 35.2 Å². The zero-order valence-corrected chi connectivity index (χ0v) is 18.6. The number of methoxy groups -OCH3 is 1. The first-order valence-corrected chi connectivity index (χ1v) is 11.2. The quantitative estimate of drug-likeness (QED) is 0.426. The van der Waals surface area contributed by atoms with E-state index in [1.165, 1.54) is 0 Å². The fourth-order valence-electron chi connectivity index (χ4n) is 4.88. The van der Waals surface area contributed by atoms with Gasteiger partial charge in [-0.1, -0.05) is 0 Å². The number of phenolic OH excluding ortho intramolecular Hbond substituents is 1. The molecule has 2 N–H and O–H groups in total. The molecule has 0 bridgehead atoms. The van der Waals surface area contributed by atoms with Crippen molar-refractivity contribution in [2.75, 3.05) is 37.6 Å². The van der Waals surface area contributed by atoms with E-state index in [0.717, 1.165) is 21.9 Å². The number of aromatic nitrogens is 1. The number of nitrogens with zero attached hydrogens (tertiary/aromatic N) is 1. The third-order valence-electron chi connectivity index (χ3n) is 6.41. The molecule has 6 rings (SSSR count). The van der Waals surface area contributed by atoms with E-state index in [0.29, 0.717) is 59.7 Å². The molecule has 2 aliphatic heterocycles. The SMILES string of the molecule is COc1ccc2c(O)cc3c(c2c1)C(CCl)CN3C(=O)c1cc2c3c(ccc2[nH]1)OCCO3. The Morgan fingerprint density at radius 1 is 1.15 bits per heavy atom. The van der Waals surface area contributed by atoms with Crippen LogP contribution in [0.3, 0.4) is 0 Å². The molecule has 0 saturated carbocycles. The number of halogens is 1. The van der Waals surface area contributed by atoms with E-state index in [-0.39, 0.29) is 17.6 Å². The second-order valence-electron chi connectivity index (χ2n) is 8.24. The van der Waals surface area contributed by atoms with Gasteiger partial charge in [-0.25, -0.2) is 0 Å². The highest BCUT2D eigenvalue weighted by Gasteiger charge is 2.35. The molecule has 2 aliphatic rings.